The van der Waals surface area contributed by atoms with Crippen LogP contribution in [0.25, 0.3) is 91.5 Å². The van der Waals surface area contributed by atoms with Crippen LogP contribution < -0.4 is 0 Å². The molecule has 0 fully saturated rings. The topological polar surface area (TPSA) is 56.5 Å². The molecule has 0 radical (unpaired) electrons. The molecule has 47 heavy (non-hydrogen) atoms. The van der Waals surface area contributed by atoms with Crippen LogP contribution in [0.1, 0.15) is 0 Å². The number of hydrogen-bond acceptors (Lipinski definition) is 6. The van der Waals surface area contributed by atoms with Crippen LogP contribution in [-0.2, 0) is 0 Å². The van der Waals surface area contributed by atoms with Gasteiger partial charge >= 0.3 is 0 Å². The zero-order chi connectivity index (χ0) is 30.9. The third-order valence-electron chi connectivity index (χ3n) is 8.71. The van der Waals surface area contributed by atoms with Gasteiger partial charge in [0.15, 0.2) is 11.6 Å². The van der Waals surface area contributed by atoms with Crippen LogP contribution in [0.3, 0.4) is 0 Å². The van der Waals surface area contributed by atoms with Crippen molar-refractivity contribution in [1.29, 1.82) is 0 Å². The summed E-state index contributed by atoms with van der Waals surface area (Å²) >= 11 is 3.49. The van der Waals surface area contributed by atoms with E-state index in [2.05, 4.69) is 126 Å². The van der Waals surface area contributed by atoms with Crippen LogP contribution in [0.4, 0.5) is 0 Å². The molecule has 0 bridgehead atoms. The van der Waals surface area contributed by atoms with E-state index in [0.717, 1.165) is 53.7 Å². The largest absolute Gasteiger partial charge is 0.278 e. The molecule has 4 aromatic heterocycles. The Bertz CT molecular complexity index is 2760. The third-order valence-corrected chi connectivity index (χ3v) is 10.9. The van der Waals surface area contributed by atoms with Crippen molar-refractivity contribution in [3.63, 3.8) is 0 Å². The van der Waals surface area contributed by atoms with E-state index in [4.69, 9.17) is 19.9 Å². The van der Waals surface area contributed by atoms with Gasteiger partial charge in [-0.2, -0.15) is 9.97 Å². The van der Waals surface area contributed by atoms with Gasteiger partial charge in [0.2, 0.25) is 5.95 Å². The summed E-state index contributed by atoms with van der Waals surface area (Å²) in [4.78, 5) is 20.5. The first-order valence-electron chi connectivity index (χ1n) is 15.4. The number of fused-ring (bicyclic) bond motifs is 7. The highest BCUT2D eigenvalue weighted by Crippen LogP contribution is 2.38. The van der Waals surface area contributed by atoms with Gasteiger partial charge in [-0.25, -0.2) is 9.97 Å². The molecule has 6 aromatic carbocycles. The van der Waals surface area contributed by atoms with Crippen LogP contribution in [0.15, 0.2) is 140 Å². The molecule has 0 saturated carbocycles. The van der Waals surface area contributed by atoms with Gasteiger partial charge in [-0.05, 0) is 42.5 Å². The quantitative estimate of drug-likeness (QED) is 0.193. The van der Waals surface area contributed by atoms with E-state index in [0.29, 0.717) is 17.6 Å². The Morgan fingerprint density at radius 2 is 1.02 bits per heavy atom. The number of rotatable bonds is 4. The van der Waals surface area contributed by atoms with Crippen LogP contribution in [-0.4, -0.2) is 24.5 Å². The van der Waals surface area contributed by atoms with E-state index in [1.807, 2.05) is 18.2 Å². The van der Waals surface area contributed by atoms with Crippen LogP contribution in [0.2, 0.25) is 0 Å². The van der Waals surface area contributed by atoms with Crippen molar-refractivity contribution in [2.45, 2.75) is 0 Å². The Morgan fingerprint density at radius 3 is 1.79 bits per heavy atom. The number of para-hydroxylation sites is 2. The number of hydrogen-bond donors (Lipinski definition) is 0. The molecule has 0 atom stereocenters. The van der Waals surface area contributed by atoms with E-state index < -0.39 is 0 Å². The summed E-state index contributed by atoms with van der Waals surface area (Å²) in [5, 5.41) is 5.84. The summed E-state index contributed by atoms with van der Waals surface area (Å²) in [6, 6.07) is 48.6. The van der Waals surface area contributed by atoms with E-state index in [1.54, 1.807) is 22.7 Å². The van der Waals surface area contributed by atoms with Gasteiger partial charge in [0.05, 0.1) is 21.3 Å². The van der Waals surface area contributed by atoms with E-state index in [1.165, 1.54) is 20.2 Å². The Hall–Kier alpha value is -5.76. The summed E-state index contributed by atoms with van der Waals surface area (Å²) in [6.45, 7) is 0. The average Bonchev–Trinajstić information content (AvgIpc) is 3.83. The minimum Gasteiger partial charge on any atom is -0.278 e. The zero-order valence-corrected chi connectivity index (χ0v) is 26.5. The third kappa shape index (κ3) is 4.28. The average molecular weight is 638 g/mol. The molecule has 0 amide bonds. The number of thiophene rings is 1. The smallest absolute Gasteiger partial charge is 0.238 e. The molecule has 0 N–H and O–H groups in total. The molecule has 0 aliphatic heterocycles. The lowest BCUT2D eigenvalue weighted by atomic mass is 10.1. The first kappa shape index (κ1) is 26.5. The summed E-state index contributed by atoms with van der Waals surface area (Å²) in [6.07, 6.45) is 0. The molecular formula is C40H23N5S2. The van der Waals surface area contributed by atoms with Crippen molar-refractivity contribution in [2.75, 3.05) is 0 Å². The Labute approximate surface area is 277 Å². The summed E-state index contributed by atoms with van der Waals surface area (Å²) in [5.41, 5.74) is 6.01. The van der Waals surface area contributed by atoms with Gasteiger partial charge in [-0.3, -0.25) is 4.57 Å². The summed E-state index contributed by atoms with van der Waals surface area (Å²) in [7, 11) is 0. The Balaban J connectivity index is 1.21. The fourth-order valence-corrected chi connectivity index (χ4v) is 8.59. The molecule has 10 rings (SSSR count). The van der Waals surface area contributed by atoms with Gasteiger partial charge in [-0.1, -0.05) is 97.1 Å². The molecule has 10 aromatic rings. The fourth-order valence-electron chi connectivity index (χ4n) is 6.50. The van der Waals surface area contributed by atoms with Crippen molar-refractivity contribution in [3.8, 4) is 39.3 Å². The highest BCUT2D eigenvalue weighted by molar-refractivity contribution is 7.25. The van der Waals surface area contributed by atoms with Gasteiger partial charge < -0.3 is 0 Å². The minimum absolute atomic E-state index is 0.585. The number of aromatic nitrogens is 5. The zero-order valence-electron chi connectivity index (χ0n) is 24.8. The molecule has 0 aliphatic carbocycles. The first-order chi connectivity index (χ1) is 23.3. The van der Waals surface area contributed by atoms with E-state index in [9.17, 15) is 0 Å². The molecule has 0 spiro atoms. The fraction of sp³-hybridized carbons (Fsp3) is 0. The van der Waals surface area contributed by atoms with Crippen LogP contribution in [0, 0.1) is 0 Å². The van der Waals surface area contributed by atoms with E-state index >= 15 is 0 Å². The normalized spacial score (nSPS) is 11.8. The molecule has 0 saturated heterocycles. The lowest BCUT2D eigenvalue weighted by molar-refractivity contribution is 0.954. The lowest BCUT2D eigenvalue weighted by Crippen LogP contribution is -2.06. The summed E-state index contributed by atoms with van der Waals surface area (Å²) in [5.74, 6) is 1.83. The van der Waals surface area contributed by atoms with E-state index in [-0.39, 0.29) is 0 Å². The van der Waals surface area contributed by atoms with Gasteiger partial charge in [0.25, 0.3) is 0 Å². The number of benzene rings is 6. The van der Waals surface area contributed by atoms with Gasteiger partial charge in [-0.15, -0.1) is 22.7 Å². The predicted octanol–water partition coefficient (Wildman–Crippen LogP) is 10.9. The maximum absolute atomic E-state index is 5.17. The van der Waals surface area contributed by atoms with Crippen LogP contribution >= 0.6 is 22.7 Å². The molecule has 4 heterocycles. The van der Waals surface area contributed by atoms with Crippen molar-refractivity contribution in [2.24, 2.45) is 0 Å². The molecule has 0 unspecified atom stereocenters. The second kappa shape index (κ2) is 10.4. The summed E-state index contributed by atoms with van der Waals surface area (Å²) < 4.78 is 5.76. The van der Waals surface area contributed by atoms with Crippen molar-refractivity contribution in [3.05, 3.63) is 140 Å². The Morgan fingerprint density at radius 1 is 0.404 bits per heavy atom. The molecule has 7 heteroatoms. The Kier molecular flexibility index (Phi) is 5.85. The number of nitrogens with zero attached hydrogens (tertiary/aromatic N) is 5. The highest BCUT2D eigenvalue weighted by Gasteiger charge is 2.19. The SMILES string of the molecule is c1ccc(-c2nc3cc(-c4nc(-c5ccc6c(c5)sc5ccccc56)nc(-n5c6ccccc6c6ccccc65)n4)ccc3s2)cc1. The maximum atomic E-state index is 5.17. The van der Waals surface area contributed by atoms with Gasteiger partial charge in [0.1, 0.15) is 5.01 Å². The van der Waals surface area contributed by atoms with Crippen molar-refractivity contribution in [1.82, 2.24) is 24.5 Å². The first-order valence-corrected chi connectivity index (χ1v) is 17.0. The maximum Gasteiger partial charge on any atom is 0.238 e. The molecule has 220 valence electrons. The standard InChI is InChI=1S/C40H23N5S2/c1-2-10-24(11-3-1)39-41-31-22-25(19-21-35(31)47-39)37-42-38(26-18-20-30-29-14-6-9-17-34(29)46-36(30)23-26)44-40(43-37)45-32-15-7-4-12-27(32)28-13-5-8-16-33(28)45/h1-23H. The molecular weight excluding hydrogens is 615 g/mol. The molecule has 0 aliphatic rings. The van der Waals surface area contributed by atoms with Gasteiger partial charge in [0, 0.05) is 47.6 Å². The second-order valence-electron chi connectivity index (χ2n) is 11.5. The monoisotopic (exact) mass is 637 g/mol. The highest BCUT2D eigenvalue weighted by atomic mass is 32.1. The minimum atomic E-state index is 0.585. The van der Waals surface area contributed by atoms with Crippen molar-refractivity contribution < 1.29 is 0 Å². The second-order valence-corrected chi connectivity index (χ2v) is 13.6. The van der Waals surface area contributed by atoms with Crippen molar-refractivity contribution >= 4 is 74.9 Å². The molecule has 5 nitrogen and oxygen atoms in total. The lowest BCUT2D eigenvalue weighted by Gasteiger charge is -2.11. The predicted molar refractivity (Wildman–Crippen MR) is 197 cm³/mol. The number of thiazole rings is 1. The van der Waals surface area contributed by atoms with Crippen LogP contribution in [0.5, 0.6) is 0 Å².